The summed E-state index contributed by atoms with van der Waals surface area (Å²) in [7, 11) is 3.27. The minimum atomic E-state index is -0.0558. The Morgan fingerprint density at radius 2 is 1.66 bits per heavy atom. The minimum absolute atomic E-state index is 0.0558. The summed E-state index contributed by atoms with van der Waals surface area (Å²) in [6, 6.07) is 15.2. The Hall–Kier alpha value is -2.99. The van der Waals surface area contributed by atoms with Crippen LogP contribution in [0.3, 0.4) is 0 Å². The van der Waals surface area contributed by atoms with Gasteiger partial charge in [0.1, 0.15) is 28.2 Å². The molecule has 0 radical (unpaired) electrons. The Bertz CT molecular complexity index is 1040. The van der Waals surface area contributed by atoms with E-state index in [1.165, 1.54) is 0 Å². The van der Waals surface area contributed by atoms with Crippen LogP contribution < -0.4 is 19.8 Å². The van der Waals surface area contributed by atoms with Gasteiger partial charge in [0.05, 0.1) is 19.9 Å². The minimum Gasteiger partial charge on any atom is -0.496 e. The predicted molar refractivity (Wildman–Crippen MR) is 114 cm³/mol. The summed E-state index contributed by atoms with van der Waals surface area (Å²) in [5.74, 6) is 2.17. The van der Waals surface area contributed by atoms with Crippen molar-refractivity contribution in [2.24, 2.45) is 0 Å². The van der Waals surface area contributed by atoms with E-state index in [-0.39, 0.29) is 5.43 Å². The molecule has 6 heteroatoms. The van der Waals surface area contributed by atoms with E-state index in [1.54, 1.807) is 26.4 Å². The van der Waals surface area contributed by atoms with Gasteiger partial charge in [0.15, 0.2) is 5.43 Å². The molecule has 0 saturated carbocycles. The fraction of sp³-hybridized carbons (Fsp3) is 0.348. The zero-order valence-electron chi connectivity index (χ0n) is 16.9. The van der Waals surface area contributed by atoms with Gasteiger partial charge in [0.25, 0.3) is 0 Å². The first-order chi connectivity index (χ1) is 14.2. The van der Waals surface area contributed by atoms with Gasteiger partial charge >= 0.3 is 0 Å². The van der Waals surface area contributed by atoms with Crippen molar-refractivity contribution in [3.8, 4) is 11.5 Å². The summed E-state index contributed by atoms with van der Waals surface area (Å²) >= 11 is 0. The molecule has 0 unspecified atom stereocenters. The molecule has 2 aromatic carbocycles. The lowest BCUT2D eigenvalue weighted by molar-refractivity contribution is 0.255. The average molecular weight is 394 g/mol. The molecule has 1 aliphatic rings. The van der Waals surface area contributed by atoms with Crippen molar-refractivity contribution >= 4 is 16.7 Å². The molecule has 0 N–H and O–H groups in total. The number of hydrogen-bond donors (Lipinski definition) is 0. The van der Waals surface area contributed by atoms with Crippen LogP contribution in [0.25, 0.3) is 11.0 Å². The van der Waals surface area contributed by atoms with E-state index >= 15 is 0 Å². The molecule has 1 aliphatic heterocycles. The van der Waals surface area contributed by atoms with Crippen LogP contribution in [-0.2, 0) is 6.42 Å². The molecule has 3 aromatic rings. The van der Waals surface area contributed by atoms with Crippen molar-refractivity contribution in [1.82, 2.24) is 4.90 Å². The molecule has 0 spiro atoms. The summed E-state index contributed by atoms with van der Waals surface area (Å²) in [5.41, 5.74) is 1.66. The number of ether oxygens (including phenoxy) is 2. The number of rotatable bonds is 6. The fourth-order valence-electron chi connectivity index (χ4n) is 3.89. The number of hydrogen-bond acceptors (Lipinski definition) is 6. The van der Waals surface area contributed by atoms with Crippen molar-refractivity contribution in [1.29, 1.82) is 0 Å². The smallest absolute Gasteiger partial charge is 0.196 e. The molecule has 6 nitrogen and oxygen atoms in total. The molecule has 4 rings (SSSR count). The van der Waals surface area contributed by atoms with Crippen LogP contribution in [0.1, 0.15) is 5.76 Å². The zero-order chi connectivity index (χ0) is 20.2. The number of para-hydroxylation sites is 2. The maximum Gasteiger partial charge on any atom is 0.196 e. The van der Waals surface area contributed by atoms with Crippen LogP contribution >= 0.6 is 0 Å². The van der Waals surface area contributed by atoms with Crippen molar-refractivity contribution in [3.63, 3.8) is 0 Å². The zero-order valence-corrected chi connectivity index (χ0v) is 16.9. The van der Waals surface area contributed by atoms with E-state index < -0.39 is 0 Å². The van der Waals surface area contributed by atoms with Crippen molar-refractivity contribution in [2.45, 2.75) is 6.42 Å². The third-order valence-electron chi connectivity index (χ3n) is 5.46. The lowest BCUT2D eigenvalue weighted by Gasteiger charge is -2.36. The number of anilines is 1. The van der Waals surface area contributed by atoms with Gasteiger partial charge in [-0.1, -0.05) is 18.2 Å². The molecule has 1 fully saturated rings. The normalized spacial score (nSPS) is 14.9. The van der Waals surface area contributed by atoms with Gasteiger partial charge in [-0.25, -0.2) is 0 Å². The molecule has 1 aromatic heterocycles. The Balaban J connectivity index is 1.39. The lowest BCUT2D eigenvalue weighted by Crippen LogP contribution is -2.47. The van der Waals surface area contributed by atoms with E-state index in [0.717, 1.165) is 44.2 Å². The van der Waals surface area contributed by atoms with Gasteiger partial charge in [-0.05, 0) is 24.3 Å². The second-order valence-electron chi connectivity index (χ2n) is 7.16. The third-order valence-corrected chi connectivity index (χ3v) is 5.46. The summed E-state index contributed by atoms with van der Waals surface area (Å²) in [4.78, 5) is 17.3. The Labute approximate surface area is 170 Å². The van der Waals surface area contributed by atoms with Crippen LogP contribution in [0.5, 0.6) is 11.5 Å². The van der Waals surface area contributed by atoms with Gasteiger partial charge in [-0.15, -0.1) is 0 Å². The maximum absolute atomic E-state index is 12.5. The van der Waals surface area contributed by atoms with Crippen molar-refractivity contribution in [2.75, 3.05) is 51.8 Å². The molecule has 0 bridgehead atoms. The Morgan fingerprint density at radius 3 is 2.41 bits per heavy atom. The first-order valence-electron chi connectivity index (χ1n) is 9.89. The van der Waals surface area contributed by atoms with Gasteiger partial charge in [0, 0.05) is 45.2 Å². The van der Waals surface area contributed by atoms with Gasteiger partial charge in [-0.3, -0.25) is 9.69 Å². The molecule has 29 heavy (non-hydrogen) atoms. The van der Waals surface area contributed by atoms with Crippen molar-refractivity contribution in [3.05, 3.63) is 64.5 Å². The number of nitrogens with zero attached hydrogens (tertiary/aromatic N) is 2. The van der Waals surface area contributed by atoms with Gasteiger partial charge in [0.2, 0.25) is 0 Å². The second kappa shape index (κ2) is 8.57. The molecule has 0 aliphatic carbocycles. The molecular formula is C23H26N2O4. The van der Waals surface area contributed by atoms with E-state index in [1.807, 2.05) is 30.3 Å². The number of fused-ring (bicyclic) bond motifs is 1. The lowest BCUT2D eigenvalue weighted by atomic mass is 10.1. The van der Waals surface area contributed by atoms with Crippen molar-refractivity contribution < 1.29 is 13.9 Å². The highest BCUT2D eigenvalue weighted by Gasteiger charge is 2.19. The van der Waals surface area contributed by atoms with E-state index in [9.17, 15) is 4.79 Å². The Morgan fingerprint density at radius 1 is 0.931 bits per heavy atom. The molecule has 0 amide bonds. The SMILES string of the molecule is COc1ccccc1N1CCN(CCc2cc(=O)c3c(OC)cccc3o2)CC1. The summed E-state index contributed by atoms with van der Waals surface area (Å²) in [6.07, 6.45) is 0.705. The van der Waals surface area contributed by atoms with E-state index in [4.69, 9.17) is 13.9 Å². The maximum atomic E-state index is 12.5. The summed E-state index contributed by atoms with van der Waals surface area (Å²) in [5, 5.41) is 0.504. The highest BCUT2D eigenvalue weighted by atomic mass is 16.5. The first-order valence-corrected chi connectivity index (χ1v) is 9.89. The predicted octanol–water partition coefficient (Wildman–Crippen LogP) is 3.17. The largest absolute Gasteiger partial charge is 0.496 e. The average Bonchev–Trinajstić information content (AvgIpc) is 2.77. The standard InChI is InChI=1S/C23H26N2O4/c1-27-20-7-4-3-6-18(20)25-14-12-24(13-15-25)11-10-17-16-19(26)23-21(28-2)8-5-9-22(23)29-17/h3-9,16H,10-15H2,1-2H3. The first kappa shape index (κ1) is 19.3. The number of benzene rings is 2. The van der Waals surface area contributed by atoms with Crippen LogP contribution in [0.2, 0.25) is 0 Å². The van der Waals surface area contributed by atoms with Crippen LogP contribution in [0.4, 0.5) is 5.69 Å². The number of piperazine rings is 1. The third kappa shape index (κ3) is 4.07. The van der Waals surface area contributed by atoms with Gasteiger partial charge in [-0.2, -0.15) is 0 Å². The van der Waals surface area contributed by atoms with Crippen LogP contribution in [0.15, 0.2) is 57.7 Å². The number of methoxy groups -OCH3 is 2. The van der Waals surface area contributed by atoms with Crippen LogP contribution in [-0.4, -0.2) is 51.8 Å². The monoisotopic (exact) mass is 394 g/mol. The molecule has 152 valence electrons. The Kier molecular flexibility index (Phi) is 5.71. The summed E-state index contributed by atoms with van der Waals surface area (Å²) < 4.78 is 16.7. The highest BCUT2D eigenvalue weighted by Crippen LogP contribution is 2.28. The van der Waals surface area contributed by atoms with Crippen LogP contribution in [0, 0.1) is 0 Å². The van der Waals surface area contributed by atoms with E-state index in [0.29, 0.717) is 28.9 Å². The van der Waals surface area contributed by atoms with Gasteiger partial charge < -0.3 is 18.8 Å². The topological polar surface area (TPSA) is 55.2 Å². The van der Waals surface area contributed by atoms with E-state index in [2.05, 4.69) is 15.9 Å². The molecule has 2 heterocycles. The second-order valence-corrected chi connectivity index (χ2v) is 7.16. The highest BCUT2D eigenvalue weighted by molar-refractivity contribution is 5.83. The molecular weight excluding hydrogens is 368 g/mol. The fourth-order valence-corrected chi connectivity index (χ4v) is 3.89. The molecule has 1 saturated heterocycles. The summed E-state index contributed by atoms with van der Waals surface area (Å²) in [6.45, 7) is 4.67. The molecule has 0 atom stereocenters. The quantitative estimate of drug-likeness (QED) is 0.640.